The van der Waals surface area contributed by atoms with E-state index in [0.717, 1.165) is 24.0 Å². The van der Waals surface area contributed by atoms with Gasteiger partial charge in [0, 0.05) is 103 Å². The van der Waals surface area contributed by atoms with Crippen LogP contribution >= 0.6 is 0 Å². The summed E-state index contributed by atoms with van der Waals surface area (Å²) in [6, 6.07) is 4.53. The Hall–Kier alpha value is -7.87. The van der Waals surface area contributed by atoms with Gasteiger partial charge in [-0.15, -0.1) is 0 Å². The number of allylic oxidation sites excluding steroid dienone is 6. The van der Waals surface area contributed by atoms with E-state index in [9.17, 15) is 43.8 Å². The summed E-state index contributed by atoms with van der Waals surface area (Å²) in [4.78, 5) is 113. The molecule has 2 amide bonds. The van der Waals surface area contributed by atoms with E-state index in [1.165, 1.54) is 18.3 Å². The van der Waals surface area contributed by atoms with Crippen LogP contribution in [0.4, 0.5) is 11.8 Å². The molecule has 2 bridgehead atoms. The average molecular weight is 1740 g/mol. The number of rotatable bonds is 36. The number of amides is 2. The SMILES string of the molecule is CCOCCOCCOCCCC(=O)O[C@@H]1CC[C@@H](C[C@@H](C)[C@@H]2CC(=O)[C@H](C)/C=C(\C)[C@@H](O)[C@@H](OC)C(=O)[C@H](C)C[C@H](C)/C=C/C=C/C=C(\C)[C@@H](OC)C[C@@H]3CC[C@@H](C)[C@@](O)(O3)C(=O)C(=O)N3CCCC[C@H]3C(=O)O2)C[C@H]1OC.CCOCCOCCOCCOCCOCCC(=O)N1CCC(n2nc(-c3ccc4oc(N)nc4c3)c3c(N)ncnc32)CC1. The molecule has 4 aromatic rings. The number of Topliss-reactive ketones (excluding diaryl/α,β-unsaturated/α-hetero) is 3. The Morgan fingerprint density at radius 3 is 1.99 bits per heavy atom. The lowest BCUT2D eigenvalue weighted by molar-refractivity contribution is -0.265. The molecule has 9 rings (SSSR count). The van der Waals surface area contributed by atoms with Gasteiger partial charge in [-0.3, -0.25) is 28.8 Å². The number of benzene rings is 1. The number of methoxy groups -OCH3 is 3. The van der Waals surface area contributed by atoms with E-state index in [1.54, 1.807) is 47.1 Å². The maximum absolute atomic E-state index is 14.6. The first-order valence-corrected chi connectivity index (χ1v) is 44.5. The number of fused-ring (bicyclic) bond motifs is 5. The smallest absolute Gasteiger partial charge is 0.329 e. The number of likely N-dealkylation sites (tertiary alicyclic amines) is 1. The van der Waals surface area contributed by atoms with Crippen LogP contribution in [0.3, 0.4) is 0 Å². The van der Waals surface area contributed by atoms with Gasteiger partial charge in [0.05, 0.1) is 122 Å². The molecule has 0 spiro atoms. The number of oxazole rings is 1. The molecule has 4 fully saturated rings. The van der Waals surface area contributed by atoms with Crippen molar-refractivity contribution < 1.29 is 115 Å². The number of anilines is 2. The molecule has 15 atom stereocenters. The van der Waals surface area contributed by atoms with Crippen molar-refractivity contribution in [2.75, 3.05) is 158 Å². The molecule has 6 N–H and O–H groups in total. The number of ketones is 3. The molecule has 5 aliphatic rings. The third kappa shape index (κ3) is 30.7. The number of carbonyl (C=O) groups is 7. The normalized spacial score (nSPS) is 27.6. The molecule has 4 aliphatic heterocycles. The topological polar surface area (TPSA) is 417 Å². The fraction of sp³-hybridized carbons (Fsp3) is 0.703. The molecule has 1 saturated carbocycles. The highest BCUT2D eigenvalue weighted by Crippen LogP contribution is 2.40. The van der Waals surface area contributed by atoms with Crippen LogP contribution in [0.25, 0.3) is 33.4 Å². The first kappa shape index (κ1) is 102. The fourth-order valence-corrected chi connectivity index (χ4v) is 16.6. The van der Waals surface area contributed by atoms with E-state index in [0.29, 0.717) is 235 Å². The molecular formula is C91H139N9O24. The first-order chi connectivity index (χ1) is 59.7. The third-order valence-corrected chi connectivity index (χ3v) is 23.9. The van der Waals surface area contributed by atoms with Crippen LogP contribution < -0.4 is 11.5 Å². The second-order valence-corrected chi connectivity index (χ2v) is 33.1. The van der Waals surface area contributed by atoms with Crippen molar-refractivity contribution in [1.82, 2.24) is 34.5 Å². The lowest BCUT2D eigenvalue weighted by Gasteiger charge is -2.42. The lowest BCUT2D eigenvalue weighted by atomic mass is 9.78. The number of aliphatic hydroxyl groups excluding tert-OH is 1. The predicted octanol–water partition coefficient (Wildman–Crippen LogP) is 10.0. The van der Waals surface area contributed by atoms with Gasteiger partial charge in [-0.1, -0.05) is 71.1 Å². The van der Waals surface area contributed by atoms with E-state index in [4.69, 9.17) is 87.3 Å². The number of hydrogen-bond donors (Lipinski definition) is 4. The lowest BCUT2D eigenvalue weighted by Crippen LogP contribution is -2.61. The van der Waals surface area contributed by atoms with Gasteiger partial charge in [0.15, 0.2) is 17.0 Å². The van der Waals surface area contributed by atoms with Crippen molar-refractivity contribution in [3.05, 3.63) is 72.1 Å². The minimum absolute atomic E-state index is 0.000626. The number of nitrogen functional groups attached to an aromatic ring is 2. The number of piperidine rings is 2. The van der Waals surface area contributed by atoms with Crippen molar-refractivity contribution >= 4 is 75.1 Å². The molecule has 0 radical (unpaired) electrons. The van der Waals surface area contributed by atoms with Crippen LogP contribution in [-0.4, -0.2) is 287 Å². The van der Waals surface area contributed by atoms with Gasteiger partial charge >= 0.3 is 11.9 Å². The summed E-state index contributed by atoms with van der Waals surface area (Å²) in [7, 11) is 4.53. The average Bonchev–Trinajstić information content (AvgIpc) is 1.58. The van der Waals surface area contributed by atoms with Crippen LogP contribution in [0.2, 0.25) is 0 Å². The predicted molar refractivity (Wildman–Crippen MR) is 463 cm³/mol. The van der Waals surface area contributed by atoms with E-state index >= 15 is 0 Å². The molecular weight excluding hydrogens is 1600 g/mol. The van der Waals surface area contributed by atoms with Crippen molar-refractivity contribution in [2.24, 2.45) is 35.5 Å². The van der Waals surface area contributed by atoms with E-state index in [2.05, 4.69) is 15.0 Å². The number of carbonyl (C=O) groups excluding carboxylic acids is 7. The highest BCUT2D eigenvalue weighted by Gasteiger charge is 2.53. The first-order valence-electron chi connectivity index (χ1n) is 44.5. The molecule has 124 heavy (non-hydrogen) atoms. The van der Waals surface area contributed by atoms with Crippen LogP contribution in [-0.2, 0) is 99.9 Å². The van der Waals surface area contributed by atoms with Crippen molar-refractivity contribution in [1.29, 1.82) is 0 Å². The fourth-order valence-electron chi connectivity index (χ4n) is 16.6. The number of nitrogens with two attached hydrogens (primary N) is 2. The minimum atomic E-state index is -2.46. The van der Waals surface area contributed by atoms with Crippen LogP contribution in [0.5, 0.6) is 0 Å². The van der Waals surface area contributed by atoms with Crippen molar-refractivity contribution in [2.45, 2.75) is 232 Å². The maximum Gasteiger partial charge on any atom is 0.329 e. The Morgan fingerprint density at radius 2 is 1.35 bits per heavy atom. The number of cyclic esters (lactones) is 1. The minimum Gasteiger partial charge on any atom is -0.460 e. The Morgan fingerprint density at radius 1 is 0.694 bits per heavy atom. The quantitative estimate of drug-likeness (QED) is 0.0142. The molecule has 33 heteroatoms. The largest absolute Gasteiger partial charge is 0.460 e. The summed E-state index contributed by atoms with van der Waals surface area (Å²) in [5.41, 5.74) is 16.6. The highest BCUT2D eigenvalue weighted by molar-refractivity contribution is 6.39. The van der Waals surface area contributed by atoms with Gasteiger partial charge in [-0.25, -0.2) is 19.4 Å². The van der Waals surface area contributed by atoms with E-state index in [1.807, 2.05) is 93.6 Å². The number of ether oxygens (including phenoxy) is 14. The zero-order valence-electron chi connectivity index (χ0n) is 75.1. The molecule has 3 saturated heterocycles. The van der Waals surface area contributed by atoms with Gasteiger partial charge in [0.1, 0.15) is 59.6 Å². The molecule has 0 unspecified atom stereocenters. The molecule has 3 aromatic heterocycles. The van der Waals surface area contributed by atoms with Gasteiger partial charge < -0.3 is 102 Å². The number of esters is 2. The molecule has 1 aromatic carbocycles. The highest BCUT2D eigenvalue weighted by atomic mass is 16.6. The number of aromatic nitrogens is 5. The standard InChI is InChI=1S/C61H97NO17.C30H42N8O7/c1-12-74-29-30-76-32-31-75-28-18-22-54(64)77-50-26-24-46(36-53(50)72-10)35-42(5)52-38-49(63)41(4)34-44(7)56(66)57(73-11)55(65)43(6)33-39(2)19-14-13-15-20-40(3)51(71-9)37-47-25-23-45(8)61(70,79-47)58(67)59(68)62-27-17-16-21-48(62)60(69)78-52;1-2-40-11-12-42-15-16-44-18-17-43-14-13-41-10-7-25(39)37-8-5-22(6-9-37)38-29-26(28(31)33-20-34-29)27(36-38)21-3-4-24-23(19-21)35-30(32)45-24/h13-15,19-20,34,39,41-43,45-48,50-53,56-57,66,70H,12,16-18,21-33,35-38H2,1-11H3;3-4,19-20,22H,2,5-18H2,1H3,(H2,32,35)(H2,31,33,34)/b15-13+,19-14+,40-20+,44-34+;/t39-,41-,42-,43-,45-,46+,47+,48+,50-,51+,52+,53-,56-,57+,61-;/m1./s1. The van der Waals surface area contributed by atoms with E-state index < -0.39 is 95.9 Å². The molecule has 692 valence electrons. The monoisotopic (exact) mass is 1740 g/mol. The second kappa shape index (κ2) is 53.1. The van der Waals surface area contributed by atoms with Gasteiger partial charge in [-0.05, 0) is 158 Å². The third-order valence-electron chi connectivity index (χ3n) is 23.9. The van der Waals surface area contributed by atoms with Crippen molar-refractivity contribution in [3.63, 3.8) is 0 Å². The van der Waals surface area contributed by atoms with Crippen LogP contribution in [0.15, 0.2) is 76.5 Å². The zero-order valence-corrected chi connectivity index (χ0v) is 75.1. The van der Waals surface area contributed by atoms with E-state index in [-0.39, 0.29) is 73.1 Å². The Bertz CT molecular complexity index is 4100. The zero-order chi connectivity index (χ0) is 89.7. The molecule has 7 heterocycles. The number of nitrogens with zero attached hydrogens (tertiary/aromatic N) is 7. The Balaban J connectivity index is 0.000000356. The van der Waals surface area contributed by atoms with Gasteiger partial charge in [0.2, 0.25) is 11.7 Å². The summed E-state index contributed by atoms with van der Waals surface area (Å²) in [6.45, 7) is 25.8. The van der Waals surface area contributed by atoms with Crippen molar-refractivity contribution in [3.8, 4) is 11.3 Å². The number of aliphatic hydroxyl groups is 2. The summed E-state index contributed by atoms with van der Waals surface area (Å²) >= 11 is 0. The Labute approximate surface area is 729 Å². The Kier molecular flexibility index (Phi) is 43.4. The number of hydrogen-bond acceptors (Lipinski definition) is 30. The maximum atomic E-state index is 14.6. The van der Waals surface area contributed by atoms with Gasteiger partial charge in [-0.2, -0.15) is 10.1 Å². The summed E-state index contributed by atoms with van der Waals surface area (Å²) in [6.07, 6.45) is 14.6. The summed E-state index contributed by atoms with van der Waals surface area (Å²) in [5, 5.41) is 29.2. The molecule has 33 nitrogen and oxygen atoms in total. The molecule has 1 aliphatic carbocycles. The van der Waals surface area contributed by atoms with Gasteiger partial charge in [0.25, 0.3) is 17.7 Å². The van der Waals surface area contributed by atoms with Crippen LogP contribution in [0.1, 0.15) is 178 Å². The summed E-state index contributed by atoms with van der Waals surface area (Å²) in [5.74, 6) is -8.26. The van der Waals surface area contributed by atoms with Crippen LogP contribution in [0, 0.1) is 35.5 Å². The summed E-state index contributed by atoms with van der Waals surface area (Å²) < 4.78 is 86.6. The second-order valence-electron chi connectivity index (χ2n) is 33.1.